The number of hydrogen-bond donors (Lipinski definition) is 0. The third-order valence-corrected chi connectivity index (χ3v) is 4.64. The van der Waals surface area contributed by atoms with E-state index >= 15 is 0 Å². The van der Waals surface area contributed by atoms with Crippen LogP contribution in [0, 0.1) is 17.1 Å². The molecule has 0 saturated heterocycles. The van der Waals surface area contributed by atoms with Gasteiger partial charge >= 0.3 is 6.92 Å². The van der Waals surface area contributed by atoms with Gasteiger partial charge in [0.25, 0.3) is 0 Å². The van der Waals surface area contributed by atoms with Gasteiger partial charge in [-0.25, -0.2) is 4.39 Å². The fraction of sp³-hybridized carbons (Fsp3) is 0. The second-order valence-corrected chi connectivity index (χ2v) is 6.67. The lowest BCUT2D eigenvalue weighted by molar-refractivity contribution is 0.595. The summed E-state index contributed by atoms with van der Waals surface area (Å²) in [6.07, 6.45) is 1.65. The van der Waals surface area contributed by atoms with Crippen LogP contribution in [0.25, 0.3) is 10.9 Å². The fourth-order valence-electron chi connectivity index (χ4n) is 3.13. The van der Waals surface area contributed by atoms with E-state index in [1.54, 1.807) is 48.7 Å². The molecule has 3 nitrogen and oxygen atoms in total. The Balaban J connectivity index is 1.85. The van der Waals surface area contributed by atoms with E-state index in [2.05, 4.69) is 11.1 Å². The first-order valence-corrected chi connectivity index (χ1v) is 8.99. The van der Waals surface area contributed by atoms with Gasteiger partial charge in [0.05, 0.1) is 11.6 Å². The molecule has 0 aliphatic carbocycles. The number of benzene rings is 3. The van der Waals surface area contributed by atoms with Crippen molar-refractivity contribution in [1.29, 1.82) is 5.26 Å². The molecule has 1 heterocycles. The molecule has 0 saturated carbocycles. The predicted octanol–water partition coefficient (Wildman–Crippen LogP) is 4.08. The summed E-state index contributed by atoms with van der Waals surface area (Å²) in [7, 11) is 0. The lowest BCUT2D eigenvalue weighted by Gasteiger charge is -2.18. The van der Waals surface area contributed by atoms with E-state index in [1.165, 1.54) is 12.1 Å². The molecule has 0 fully saturated rings. The second-order valence-electron chi connectivity index (χ2n) is 6.23. The molecule has 0 radical (unpaired) electrons. The fourth-order valence-corrected chi connectivity index (χ4v) is 3.33. The van der Waals surface area contributed by atoms with E-state index in [0.29, 0.717) is 32.7 Å². The Morgan fingerprint density at radius 3 is 2.50 bits per heavy atom. The van der Waals surface area contributed by atoms with Crippen molar-refractivity contribution in [3.63, 3.8) is 0 Å². The van der Waals surface area contributed by atoms with E-state index in [4.69, 9.17) is 16.3 Å². The Kier molecular flexibility index (Phi) is 4.97. The van der Waals surface area contributed by atoms with Crippen molar-refractivity contribution in [2.24, 2.45) is 0 Å². The van der Waals surface area contributed by atoms with Crippen molar-refractivity contribution in [3.8, 4) is 11.8 Å². The first-order chi connectivity index (χ1) is 13.7. The summed E-state index contributed by atoms with van der Waals surface area (Å²) in [5.74, 6) is 0.153. The number of hydrogen-bond acceptors (Lipinski definition) is 3. The number of nitrogens with zero attached hydrogens (tertiary/aromatic N) is 2. The molecule has 0 bridgehead atoms. The zero-order valence-electron chi connectivity index (χ0n) is 14.6. The van der Waals surface area contributed by atoms with Crippen molar-refractivity contribution in [1.82, 2.24) is 4.98 Å². The number of aromatic nitrogens is 1. The molecule has 0 unspecified atom stereocenters. The van der Waals surface area contributed by atoms with Crippen LogP contribution in [0.5, 0.6) is 5.75 Å². The predicted molar refractivity (Wildman–Crippen MR) is 110 cm³/mol. The second kappa shape index (κ2) is 7.71. The zero-order chi connectivity index (χ0) is 19.5. The van der Waals surface area contributed by atoms with Gasteiger partial charge in [0.2, 0.25) is 0 Å². The van der Waals surface area contributed by atoms with Crippen LogP contribution in [0.1, 0.15) is 5.56 Å². The highest BCUT2D eigenvalue weighted by Gasteiger charge is 2.25. The normalized spacial score (nSPS) is 10.5. The molecule has 4 rings (SSSR count). The molecule has 6 heteroatoms. The number of fused-ring (bicyclic) bond motifs is 1. The van der Waals surface area contributed by atoms with Gasteiger partial charge in [-0.15, -0.1) is 0 Å². The van der Waals surface area contributed by atoms with E-state index in [1.807, 2.05) is 18.2 Å². The summed E-state index contributed by atoms with van der Waals surface area (Å²) in [5, 5.41) is 10.6. The van der Waals surface area contributed by atoms with Crippen LogP contribution in [0.15, 0.2) is 79.0 Å². The monoisotopic (exact) mass is 386 g/mol. The largest absolute Gasteiger partial charge is 0.550 e. The molecule has 1 aromatic heterocycles. The van der Waals surface area contributed by atoms with Gasteiger partial charge in [0.1, 0.15) is 17.1 Å². The quantitative estimate of drug-likeness (QED) is 0.496. The van der Waals surface area contributed by atoms with Crippen LogP contribution in [-0.2, 0) is 0 Å². The maximum atomic E-state index is 13.9. The Morgan fingerprint density at radius 2 is 1.75 bits per heavy atom. The van der Waals surface area contributed by atoms with Crippen LogP contribution in [0.4, 0.5) is 4.39 Å². The van der Waals surface area contributed by atoms with Gasteiger partial charge in [0.15, 0.2) is 0 Å². The van der Waals surface area contributed by atoms with Gasteiger partial charge in [-0.2, -0.15) is 5.26 Å². The van der Waals surface area contributed by atoms with Crippen molar-refractivity contribution < 1.29 is 9.04 Å². The topological polar surface area (TPSA) is 45.9 Å². The Bertz CT molecular complexity index is 1160. The molecule has 0 amide bonds. The minimum absolute atomic E-state index is 0.351. The highest BCUT2D eigenvalue weighted by Crippen LogP contribution is 2.27. The number of rotatable bonds is 4. The Labute approximate surface area is 167 Å². The van der Waals surface area contributed by atoms with Crippen molar-refractivity contribution in [2.75, 3.05) is 0 Å². The Morgan fingerprint density at radius 1 is 0.964 bits per heavy atom. The van der Waals surface area contributed by atoms with Crippen LogP contribution >= 0.6 is 11.6 Å². The average Bonchev–Trinajstić information content (AvgIpc) is 2.72. The van der Waals surface area contributed by atoms with E-state index in [0.717, 1.165) is 5.46 Å². The molecule has 0 aliphatic rings. The molecule has 0 spiro atoms. The minimum Gasteiger partial charge on any atom is -0.550 e. The highest BCUT2D eigenvalue weighted by atomic mass is 35.5. The number of pyridine rings is 1. The molecule has 28 heavy (non-hydrogen) atoms. The molecular formula is C22H13BClFN2O. The molecule has 0 aliphatic heterocycles. The van der Waals surface area contributed by atoms with Crippen LogP contribution < -0.4 is 15.6 Å². The lowest BCUT2D eigenvalue weighted by Crippen LogP contribution is -2.47. The van der Waals surface area contributed by atoms with Crippen LogP contribution in [0.2, 0.25) is 5.02 Å². The minimum atomic E-state index is -0.590. The summed E-state index contributed by atoms with van der Waals surface area (Å²) in [6, 6.07) is 22.7. The van der Waals surface area contributed by atoms with Gasteiger partial charge in [-0.1, -0.05) is 35.9 Å². The average molecular weight is 387 g/mol. The summed E-state index contributed by atoms with van der Waals surface area (Å²) >= 11 is 6.17. The van der Waals surface area contributed by atoms with Crippen LogP contribution in [0.3, 0.4) is 0 Å². The Hall–Kier alpha value is -3.36. The molecule has 4 aromatic rings. The van der Waals surface area contributed by atoms with Crippen LogP contribution in [-0.4, -0.2) is 11.9 Å². The van der Waals surface area contributed by atoms with E-state index in [9.17, 15) is 9.65 Å². The third kappa shape index (κ3) is 3.55. The summed E-state index contributed by atoms with van der Waals surface area (Å²) in [5.41, 5.74) is 2.52. The smallest absolute Gasteiger partial charge is 0.426 e. The van der Waals surface area contributed by atoms with Crippen molar-refractivity contribution in [2.45, 2.75) is 0 Å². The van der Waals surface area contributed by atoms with Crippen molar-refractivity contribution >= 4 is 40.3 Å². The van der Waals surface area contributed by atoms with E-state index < -0.39 is 6.92 Å². The van der Waals surface area contributed by atoms with Gasteiger partial charge in [-0.05, 0) is 59.5 Å². The molecular weight excluding hydrogens is 374 g/mol. The zero-order valence-corrected chi connectivity index (χ0v) is 15.4. The first kappa shape index (κ1) is 18.0. The molecule has 0 N–H and O–H groups in total. The summed E-state index contributed by atoms with van der Waals surface area (Å²) in [6.45, 7) is -0.590. The third-order valence-electron chi connectivity index (χ3n) is 4.40. The lowest BCUT2D eigenvalue weighted by atomic mass is 9.55. The van der Waals surface area contributed by atoms with Crippen molar-refractivity contribution in [3.05, 3.63) is 95.4 Å². The van der Waals surface area contributed by atoms with E-state index in [-0.39, 0.29) is 5.82 Å². The SMILES string of the molecule is N#Cc1ccc(OB(c2cccc(F)c2)c2cccc(Cl)c2)c2ncccc12. The maximum absolute atomic E-state index is 13.9. The van der Waals surface area contributed by atoms with Gasteiger partial charge in [0, 0.05) is 16.6 Å². The van der Waals surface area contributed by atoms with Gasteiger partial charge < -0.3 is 4.65 Å². The molecule has 0 atom stereocenters. The molecule has 3 aromatic carbocycles. The first-order valence-electron chi connectivity index (χ1n) is 8.61. The molecule has 134 valence electrons. The standard InChI is InChI=1S/C22H13BClFN2O/c24-18-6-1-4-16(12-18)23(17-5-2-7-19(25)13-17)28-21-10-9-15(14-26)20-8-3-11-27-22(20)21/h1-13H. The summed E-state index contributed by atoms with van der Waals surface area (Å²) in [4.78, 5) is 4.39. The van der Waals surface area contributed by atoms with Gasteiger partial charge in [-0.3, -0.25) is 4.98 Å². The number of nitriles is 1. The number of halogens is 2. The summed E-state index contributed by atoms with van der Waals surface area (Å²) < 4.78 is 20.2. The maximum Gasteiger partial charge on any atom is 0.426 e. The highest BCUT2D eigenvalue weighted by molar-refractivity contribution is 6.80.